The molecule has 2 aliphatic rings. The number of nitrogens with zero attached hydrogens (tertiary/aromatic N) is 2. The lowest BCUT2D eigenvalue weighted by molar-refractivity contribution is -0.438. The molecule has 5 N–H and O–H groups in total. The van der Waals surface area contributed by atoms with E-state index in [1.807, 2.05) is 28.5 Å². The van der Waals surface area contributed by atoms with Crippen LogP contribution in [0.4, 0.5) is 11.4 Å². The minimum Gasteiger partial charge on any atom is -0.744 e. The van der Waals surface area contributed by atoms with Gasteiger partial charge in [-0.15, -0.1) is 0 Å². The second kappa shape index (κ2) is 34.9. The molecule has 0 aromatic heterocycles. The van der Waals surface area contributed by atoms with Crippen molar-refractivity contribution in [2.75, 3.05) is 143 Å². The number of hydrogen-bond donors (Lipinski definition) is 5. The molecule has 0 fully saturated rings. The lowest BCUT2D eigenvalue weighted by atomic mass is 9.74. The monoisotopic (exact) mass is 1450 g/mol. The predicted molar refractivity (Wildman–Crippen MR) is 362 cm³/mol. The maximum absolute atomic E-state index is 13.1. The highest BCUT2D eigenvalue weighted by atomic mass is 32.2. The summed E-state index contributed by atoms with van der Waals surface area (Å²) in [6, 6.07) is 19.1. The zero-order valence-electron chi connectivity index (χ0n) is 54.7. The van der Waals surface area contributed by atoms with Gasteiger partial charge in [0.25, 0.3) is 46.4 Å². The minimum atomic E-state index is -5.44. The molecular formula is C65H85N3O24S5. The van der Waals surface area contributed by atoms with Crippen LogP contribution < -0.4 is 10.2 Å². The highest BCUT2D eigenvalue weighted by Gasteiger charge is 2.49. The molecule has 32 heteroatoms. The van der Waals surface area contributed by atoms with Gasteiger partial charge in [0.15, 0.2) is 5.71 Å². The number of methoxy groups -OCH3 is 2. The Morgan fingerprint density at radius 2 is 1.07 bits per heavy atom. The Hall–Kier alpha value is -5.99. The molecule has 5 aromatic carbocycles. The van der Waals surface area contributed by atoms with Crippen LogP contribution in [0.25, 0.3) is 27.1 Å². The van der Waals surface area contributed by atoms with E-state index in [0.717, 1.165) is 6.07 Å². The summed E-state index contributed by atoms with van der Waals surface area (Å²) >= 11 is 0. The number of unbranched alkanes of at least 4 members (excludes halogenated alkanes) is 2. The molecule has 0 aliphatic carbocycles. The van der Waals surface area contributed by atoms with Crippen molar-refractivity contribution in [2.45, 2.75) is 77.9 Å². The van der Waals surface area contributed by atoms with Gasteiger partial charge in [-0.05, 0) is 139 Å². The van der Waals surface area contributed by atoms with Gasteiger partial charge in [0.1, 0.15) is 16.7 Å². The summed E-state index contributed by atoms with van der Waals surface area (Å²) in [4.78, 5) is 12.8. The molecule has 0 saturated carbocycles. The number of carbonyl (C=O) groups excluding carboxylic acids is 1. The number of rotatable bonds is 42. The predicted octanol–water partition coefficient (Wildman–Crippen LogP) is 6.92. The van der Waals surface area contributed by atoms with Crippen LogP contribution in [-0.4, -0.2) is 219 Å². The molecule has 0 spiro atoms. The molecule has 1 amide bonds. The molecule has 0 radical (unpaired) electrons. The fourth-order valence-electron chi connectivity index (χ4n) is 12.0. The van der Waals surface area contributed by atoms with Crippen LogP contribution in [0.15, 0.2) is 124 Å². The Balaban J connectivity index is 1.45. The Morgan fingerprint density at radius 1 is 0.567 bits per heavy atom. The van der Waals surface area contributed by atoms with Gasteiger partial charge >= 0.3 is 0 Å². The van der Waals surface area contributed by atoms with Gasteiger partial charge in [-0.1, -0.05) is 30.3 Å². The first-order chi connectivity index (χ1) is 45.9. The highest BCUT2D eigenvalue weighted by Crippen LogP contribution is 2.54. The maximum Gasteiger partial charge on any atom is 0.294 e. The first-order valence-electron chi connectivity index (χ1n) is 31.2. The lowest BCUT2D eigenvalue weighted by Gasteiger charge is -2.31. The number of benzene rings is 5. The quantitative estimate of drug-likeness (QED) is 0.0114. The number of hydrogen-bond acceptors (Lipinski definition) is 21. The molecule has 2 unspecified atom stereocenters. The van der Waals surface area contributed by atoms with Crippen molar-refractivity contribution in [1.29, 1.82) is 0 Å². The standard InChI is InChI=1S/C65H85N3O24S5/c1-64(24-28-87-34-36-91-40-38-89-32-30-85-4)59(67(26-6-8-42-93(70,71)72)56-20-15-49-14-18-51(95(76,77)78)44-54(49)61(56)64)22-16-48(47-10-12-50(13-11-47)63(69)66-3)17-23-60-65(2,25-29-88-35-37-92-41-39-90-33-31-86-5)62-55-45-52(96(79,80)81)46-58(97(82,83)84)53(55)19-21-57(62)68(60)27-7-9-43-94(73,74)75/h10-23,44-46H,6-9,24-43H2,1-5H3,(H5-,66,69,70,71,72,73,74,75,76,77,78,79,80,81,82,83,84). The van der Waals surface area contributed by atoms with Crippen molar-refractivity contribution in [1.82, 2.24) is 5.32 Å². The molecule has 5 aromatic rings. The number of allylic oxidation sites excluding steroid dienone is 6. The average Bonchev–Trinajstić information content (AvgIpc) is 1.58. The van der Waals surface area contributed by atoms with Crippen molar-refractivity contribution in [3.05, 3.63) is 131 Å². The summed E-state index contributed by atoms with van der Waals surface area (Å²) < 4.78 is 227. The van der Waals surface area contributed by atoms with Crippen molar-refractivity contribution < 1.29 is 112 Å². The van der Waals surface area contributed by atoms with E-state index in [2.05, 4.69) is 5.32 Å². The van der Waals surface area contributed by atoms with Gasteiger partial charge in [-0.2, -0.15) is 38.2 Å². The van der Waals surface area contributed by atoms with Crippen molar-refractivity contribution in [2.24, 2.45) is 0 Å². The summed E-state index contributed by atoms with van der Waals surface area (Å²) in [5.41, 5.74) is 1.85. The zero-order valence-corrected chi connectivity index (χ0v) is 58.8. The normalized spacial score (nSPS) is 17.6. The Kier molecular flexibility index (Phi) is 28.2. The largest absolute Gasteiger partial charge is 0.744 e. The van der Waals surface area contributed by atoms with Crippen LogP contribution in [-0.2, 0) is 99.3 Å². The van der Waals surface area contributed by atoms with Crippen LogP contribution in [0.5, 0.6) is 0 Å². The van der Waals surface area contributed by atoms with Gasteiger partial charge in [0, 0.05) is 92.9 Å². The number of nitrogens with one attached hydrogen (secondary N) is 1. The smallest absolute Gasteiger partial charge is 0.294 e. The third-order valence-corrected chi connectivity index (χ3v) is 20.9. The van der Waals surface area contributed by atoms with Crippen molar-refractivity contribution in [3.63, 3.8) is 0 Å². The number of anilines is 1. The van der Waals surface area contributed by atoms with Crippen molar-refractivity contribution in [3.8, 4) is 0 Å². The highest BCUT2D eigenvalue weighted by molar-refractivity contribution is 7.87. The van der Waals surface area contributed by atoms with Crippen LogP contribution in [0.3, 0.4) is 0 Å². The maximum atomic E-state index is 13.1. The van der Waals surface area contributed by atoms with Crippen molar-refractivity contribution >= 4 is 101 Å². The van der Waals surface area contributed by atoms with E-state index in [0.29, 0.717) is 107 Å². The molecule has 97 heavy (non-hydrogen) atoms. The topological polar surface area (TPSA) is 384 Å². The fraction of sp³-hybridized carbons (Fsp3) is 0.477. The van der Waals surface area contributed by atoms with Crippen LogP contribution in [0, 0.1) is 0 Å². The average molecular weight is 1450 g/mol. The van der Waals surface area contributed by atoms with Crippen LogP contribution >= 0.6 is 0 Å². The van der Waals surface area contributed by atoms with Gasteiger partial charge < -0.3 is 52.7 Å². The Morgan fingerprint density at radius 3 is 1.60 bits per heavy atom. The molecule has 2 heterocycles. The zero-order chi connectivity index (χ0) is 70.8. The molecule has 27 nitrogen and oxygen atoms in total. The number of ether oxygens (including phenoxy) is 8. The van der Waals surface area contributed by atoms with E-state index < -0.39 is 82.7 Å². The lowest BCUT2D eigenvalue weighted by Crippen LogP contribution is -2.33. The molecule has 534 valence electrons. The van der Waals surface area contributed by atoms with Crippen LogP contribution in [0.2, 0.25) is 0 Å². The second-order valence-electron chi connectivity index (χ2n) is 23.4. The summed E-state index contributed by atoms with van der Waals surface area (Å²) in [7, 11) is -19.6. The molecule has 7 rings (SSSR count). The molecule has 0 saturated heterocycles. The van der Waals surface area contributed by atoms with Crippen LogP contribution in [0.1, 0.15) is 79.4 Å². The summed E-state index contributed by atoms with van der Waals surface area (Å²) in [5, 5.41) is 3.50. The van der Waals surface area contributed by atoms with Gasteiger partial charge in [-0.25, -0.2) is 8.42 Å². The Labute approximate surface area is 567 Å². The number of fused-ring (bicyclic) bond motifs is 6. The van der Waals surface area contributed by atoms with Gasteiger partial charge in [0.2, 0.25) is 5.69 Å². The third-order valence-electron chi connectivity index (χ3n) is 16.7. The molecule has 0 bridgehead atoms. The summed E-state index contributed by atoms with van der Waals surface area (Å²) in [5.74, 6) is -1.54. The minimum absolute atomic E-state index is 0.0188. The number of carbonyl (C=O) groups is 1. The third kappa shape index (κ3) is 21.3. The first-order valence-corrected chi connectivity index (χ1v) is 38.7. The first kappa shape index (κ1) is 78.3. The van der Waals surface area contributed by atoms with E-state index in [1.54, 1.807) is 81.8 Å². The molecule has 2 aliphatic heterocycles. The summed E-state index contributed by atoms with van der Waals surface area (Å²) in [6.45, 7) is 7.38. The van der Waals surface area contributed by atoms with E-state index in [4.69, 9.17) is 37.9 Å². The fourth-order valence-corrected chi connectivity index (χ4v) is 15.0. The van der Waals surface area contributed by atoms with Gasteiger partial charge in [0.05, 0.1) is 111 Å². The molecule has 2 atom stereocenters. The van der Waals surface area contributed by atoms with E-state index >= 15 is 0 Å². The van der Waals surface area contributed by atoms with E-state index in [1.165, 1.54) is 25.2 Å². The number of amides is 1. The molecular weight excluding hydrogens is 1370 g/mol. The van der Waals surface area contributed by atoms with E-state index in [-0.39, 0.29) is 126 Å². The van der Waals surface area contributed by atoms with E-state index in [9.17, 15) is 69.6 Å². The van der Waals surface area contributed by atoms with Gasteiger partial charge in [-0.3, -0.25) is 23.0 Å². The Bertz CT molecular complexity index is 4310. The SMILES string of the molecule is CNC(=O)c1ccc(C(=C\C=C2\N(CCCCS(=O)(=O)O)c3ccc4ccc(S(=O)(=O)O)cc4c3C2(C)CCOCCOCCOCCOC)/C=C/C2=[N+](CCCCS(=O)(=O)O)c3ccc4c(S(=O)(=O)[O-])cc(S(=O)(=O)O)cc4c3C2(C)CCOCCOCCOCCOC)cc1. The summed E-state index contributed by atoms with van der Waals surface area (Å²) in [6.07, 6.45) is 7.80. The second-order valence-corrected chi connectivity index (χ2v) is 30.7.